The van der Waals surface area contributed by atoms with Crippen molar-refractivity contribution in [3.05, 3.63) is 40.4 Å². The molecule has 1 aliphatic carbocycles. The van der Waals surface area contributed by atoms with Gasteiger partial charge in [0.25, 0.3) is 0 Å². The second-order valence-corrected chi connectivity index (χ2v) is 10.5. The predicted octanol–water partition coefficient (Wildman–Crippen LogP) is 6.60. The van der Waals surface area contributed by atoms with E-state index in [1.54, 1.807) is 0 Å². The van der Waals surface area contributed by atoms with Gasteiger partial charge < -0.3 is 9.47 Å². The summed E-state index contributed by atoms with van der Waals surface area (Å²) in [6.45, 7) is 9.84. The summed E-state index contributed by atoms with van der Waals surface area (Å²) in [6.07, 6.45) is 7.78. The first-order chi connectivity index (χ1) is 14.5. The summed E-state index contributed by atoms with van der Waals surface area (Å²) >= 11 is 3.43. The number of halogens is 1. The number of esters is 1. The van der Waals surface area contributed by atoms with E-state index in [9.17, 15) is 9.59 Å². The van der Waals surface area contributed by atoms with Gasteiger partial charge in [0.15, 0.2) is 0 Å². The normalized spacial score (nSPS) is 16.0. The fourth-order valence-electron chi connectivity index (χ4n) is 3.57. The minimum Gasteiger partial charge on any atom is -0.461 e. The Kier molecular flexibility index (Phi) is 9.60. The number of benzene rings is 1. The van der Waals surface area contributed by atoms with Crippen LogP contribution in [0.3, 0.4) is 0 Å². The van der Waals surface area contributed by atoms with Crippen molar-refractivity contribution in [2.45, 2.75) is 84.5 Å². The van der Waals surface area contributed by atoms with Gasteiger partial charge in [0.1, 0.15) is 17.7 Å². The van der Waals surface area contributed by atoms with Crippen molar-refractivity contribution in [2.24, 2.45) is 5.92 Å². The largest absolute Gasteiger partial charge is 0.461 e. The lowest BCUT2D eigenvalue weighted by Gasteiger charge is -2.33. The van der Waals surface area contributed by atoms with E-state index >= 15 is 0 Å². The van der Waals surface area contributed by atoms with E-state index < -0.39 is 17.7 Å². The molecule has 1 amide bonds. The summed E-state index contributed by atoms with van der Waals surface area (Å²) in [7, 11) is 0. The molecule has 5 nitrogen and oxygen atoms in total. The van der Waals surface area contributed by atoms with E-state index in [0.29, 0.717) is 6.42 Å². The third-order valence-electron chi connectivity index (χ3n) is 5.04. The smallest absolute Gasteiger partial charge is 0.411 e. The zero-order chi connectivity index (χ0) is 23.0. The molecule has 1 aromatic rings. The van der Waals surface area contributed by atoms with Gasteiger partial charge in [-0.1, -0.05) is 54.1 Å². The molecule has 1 aromatic carbocycles. The van der Waals surface area contributed by atoms with Crippen molar-refractivity contribution in [3.63, 3.8) is 0 Å². The molecule has 0 radical (unpaired) electrons. The third kappa shape index (κ3) is 9.06. The number of nitrogens with zero attached hydrogens (tertiary/aromatic N) is 1. The van der Waals surface area contributed by atoms with E-state index in [1.165, 1.54) is 4.90 Å². The quantitative estimate of drug-likeness (QED) is 0.382. The van der Waals surface area contributed by atoms with Gasteiger partial charge >= 0.3 is 12.1 Å². The molecule has 0 aliphatic heterocycles. The van der Waals surface area contributed by atoms with Gasteiger partial charge in [0, 0.05) is 11.0 Å². The molecule has 172 valence electrons. The van der Waals surface area contributed by atoms with E-state index in [0.717, 1.165) is 35.7 Å². The van der Waals surface area contributed by atoms with Gasteiger partial charge in [0.05, 0.1) is 0 Å². The number of carbonyl (C=O) groups excluding carboxylic acids is 2. The van der Waals surface area contributed by atoms with Crippen molar-refractivity contribution in [3.8, 4) is 0 Å². The molecule has 0 N–H and O–H groups in total. The molecule has 1 aliphatic rings. The van der Waals surface area contributed by atoms with Crippen LogP contribution in [0.1, 0.15) is 72.3 Å². The molecule has 2 rings (SSSR count). The van der Waals surface area contributed by atoms with E-state index in [4.69, 9.17) is 9.47 Å². The maximum Gasteiger partial charge on any atom is 0.411 e. The topological polar surface area (TPSA) is 55.8 Å². The fraction of sp³-hybridized carbons (Fsp3) is 0.600. The molecule has 0 saturated heterocycles. The molecule has 0 heterocycles. The zero-order valence-corrected chi connectivity index (χ0v) is 21.0. The Labute approximate surface area is 195 Å². The molecule has 0 bridgehead atoms. The van der Waals surface area contributed by atoms with Crippen LogP contribution in [-0.4, -0.2) is 41.3 Å². The predicted molar refractivity (Wildman–Crippen MR) is 128 cm³/mol. The van der Waals surface area contributed by atoms with Crippen molar-refractivity contribution < 1.29 is 19.1 Å². The van der Waals surface area contributed by atoms with Crippen LogP contribution in [0, 0.1) is 5.92 Å². The lowest BCUT2D eigenvalue weighted by Crippen LogP contribution is -2.49. The molecule has 31 heavy (non-hydrogen) atoms. The summed E-state index contributed by atoms with van der Waals surface area (Å²) in [6, 6.07) is 7.22. The Morgan fingerprint density at radius 2 is 1.77 bits per heavy atom. The highest BCUT2D eigenvalue weighted by Gasteiger charge is 2.35. The Balaban J connectivity index is 2.22. The van der Waals surface area contributed by atoms with Gasteiger partial charge in [-0.05, 0) is 76.5 Å². The second-order valence-electron chi connectivity index (χ2n) is 9.58. The van der Waals surface area contributed by atoms with Gasteiger partial charge in [0.2, 0.25) is 0 Å². The molecular formula is C25H36BrNO4. The summed E-state index contributed by atoms with van der Waals surface area (Å²) in [5.41, 5.74) is 0.365. The maximum absolute atomic E-state index is 13.1. The lowest BCUT2D eigenvalue weighted by atomic mass is 10.0. The van der Waals surface area contributed by atoms with Crippen molar-refractivity contribution in [1.82, 2.24) is 4.90 Å². The van der Waals surface area contributed by atoms with Crippen molar-refractivity contribution in [2.75, 3.05) is 6.54 Å². The van der Waals surface area contributed by atoms with E-state index in [1.807, 2.05) is 71.0 Å². The first-order valence-corrected chi connectivity index (χ1v) is 12.0. The van der Waals surface area contributed by atoms with Crippen LogP contribution in [0.15, 0.2) is 34.8 Å². The van der Waals surface area contributed by atoms with E-state index in [-0.39, 0.29) is 24.5 Å². The molecule has 0 unspecified atom stereocenters. The summed E-state index contributed by atoms with van der Waals surface area (Å²) in [5, 5.41) is 0. The number of hydrogen-bond donors (Lipinski definition) is 0. The number of amides is 1. The van der Waals surface area contributed by atoms with Crippen LogP contribution >= 0.6 is 15.9 Å². The van der Waals surface area contributed by atoms with Crippen LogP contribution < -0.4 is 0 Å². The van der Waals surface area contributed by atoms with Crippen LogP contribution in [-0.2, 0) is 14.3 Å². The number of carbonyl (C=O) groups is 2. The average molecular weight is 494 g/mol. The zero-order valence-electron chi connectivity index (χ0n) is 19.4. The standard InChI is InChI=1S/C25H36BrNO4/c1-18(2)17-22(23(28)30-21-10-6-7-11-21)27(24(29)31-25(3,4)5)16-8-9-19-12-14-20(26)15-13-19/h8-9,12-15,18,21-22H,6-7,10-11,16-17H2,1-5H3/b9-8+/t22-/m0/s1. The van der Waals surface area contributed by atoms with Gasteiger partial charge in [-0.2, -0.15) is 0 Å². The highest BCUT2D eigenvalue weighted by atomic mass is 79.9. The fourth-order valence-corrected chi connectivity index (χ4v) is 3.84. The SMILES string of the molecule is CC(C)C[C@@H](C(=O)OC1CCCC1)N(C/C=C/c1ccc(Br)cc1)C(=O)OC(C)(C)C. The monoisotopic (exact) mass is 493 g/mol. The number of ether oxygens (including phenoxy) is 2. The molecular weight excluding hydrogens is 458 g/mol. The van der Waals surface area contributed by atoms with E-state index in [2.05, 4.69) is 15.9 Å². The third-order valence-corrected chi connectivity index (χ3v) is 5.57. The molecule has 1 saturated carbocycles. The maximum atomic E-state index is 13.1. The molecule has 0 spiro atoms. The second kappa shape index (κ2) is 11.7. The first kappa shape index (κ1) is 25.4. The first-order valence-electron chi connectivity index (χ1n) is 11.2. The number of rotatable bonds is 8. The Morgan fingerprint density at radius 1 is 1.16 bits per heavy atom. The summed E-state index contributed by atoms with van der Waals surface area (Å²) < 4.78 is 12.4. The summed E-state index contributed by atoms with van der Waals surface area (Å²) in [5.74, 6) is -0.106. The minimum atomic E-state index is -0.676. The van der Waals surface area contributed by atoms with Crippen molar-refractivity contribution in [1.29, 1.82) is 0 Å². The van der Waals surface area contributed by atoms with Crippen LogP contribution in [0.4, 0.5) is 4.79 Å². The highest BCUT2D eigenvalue weighted by molar-refractivity contribution is 9.10. The number of hydrogen-bond acceptors (Lipinski definition) is 4. The Morgan fingerprint density at radius 3 is 2.32 bits per heavy atom. The molecule has 6 heteroatoms. The lowest BCUT2D eigenvalue weighted by molar-refractivity contribution is -0.155. The molecule has 1 fully saturated rings. The van der Waals surface area contributed by atoms with Crippen LogP contribution in [0.25, 0.3) is 6.08 Å². The van der Waals surface area contributed by atoms with Gasteiger partial charge in [-0.25, -0.2) is 9.59 Å². The van der Waals surface area contributed by atoms with Gasteiger partial charge in [-0.15, -0.1) is 0 Å². The highest BCUT2D eigenvalue weighted by Crippen LogP contribution is 2.24. The van der Waals surface area contributed by atoms with Crippen LogP contribution in [0.2, 0.25) is 0 Å². The summed E-state index contributed by atoms with van der Waals surface area (Å²) in [4.78, 5) is 27.7. The molecule has 0 aromatic heterocycles. The van der Waals surface area contributed by atoms with Gasteiger partial charge in [-0.3, -0.25) is 4.90 Å². The average Bonchev–Trinajstić information content (AvgIpc) is 3.16. The van der Waals surface area contributed by atoms with Crippen molar-refractivity contribution >= 4 is 34.1 Å². The Bertz CT molecular complexity index is 746. The molecule has 1 atom stereocenters. The van der Waals surface area contributed by atoms with Crippen LogP contribution in [0.5, 0.6) is 0 Å². The minimum absolute atomic E-state index is 0.0408. The Hall–Kier alpha value is -1.82.